The molecule has 0 bridgehead atoms. The van der Waals surface area contributed by atoms with Crippen LogP contribution in [0.1, 0.15) is 23.9 Å². The summed E-state index contributed by atoms with van der Waals surface area (Å²) in [6.07, 6.45) is 0.766. The van der Waals surface area contributed by atoms with Gasteiger partial charge in [-0.15, -0.1) is 0 Å². The molecule has 0 spiro atoms. The summed E-state index contributed by atoms with van der Waals surface area (Å²) < 4.78 is 44.4. The van der Waals surface area contributed by atoms with E-state index in [4.69, 9.17) is 19.6 Å². The van der Waals surface area contributed by atoms with Crippen molar-refractivity contribution in [3.63, 3.8) is 0 Å². The van der Waals surface area contributed by atoms with Crippen molar-refractivity contribution >= 4 is 10.0 Å². The summed E-state index contributed by atoms with van der Waals surface area (Å²) in [7, 11) is -3.68. The maximum atomic E-state index is 13.1. The molecule has 0 radical (unpaired) electrons. The molecule has 3 heterocycles. The maximum absolute atomic E-state index is 13.1. The zero-order chi connectivity index (χ0) is 18.3. The first-order chi connectivity index (χ1) is 12.4. The molecule has 1 aromatic carbocycles. The third-order valence-corrected chi connectivity index (χ3v) is 6.64. The number of hydrogen-bond donors (Lipinski definition) is 1. The Morgan fingerprint density at radius 2 is 1.85 bits per heavy atom. The topological polar surface area (TPSA) is 95.0 Å². The van der Waals surface area contributed by atoms with Crippen molar-refractivity contribution in [1.82, 2.24) is 4.31 Å². The third kappa shape index (κ3) is 3.08. The molecule has 2 aliphatic rings. The van der Waals surface area contributed by atoms with Gasteiger partial charge in [0.2, 0.25) is 10.0 Å². The van der Waals surface area contributed by atoms with Crippen LogP contribution in [-0.2, 0) is 10.0 Å². The van der Waals surface area contributed by atoms with E-state index in [0.29, 0.717) is 31.3 Å². The van der Waals surface area contributed by atoms with Crippen molar-refractivity contribution in [2.75, 3.05) is 26.3 Å². The number of fused-ring (bicyclic) bond motifs is 1. The Morgan fingerprint density at radius 3 is 2.58 bits per heavy atom. The minimum Gasteiger partial charge on any atom is -0.490 e. The van der Waals surface area contributed by atoms with Crippen LogP contribution >= 0.6 is 0 Å². The van der Waals surface area contributed by atoms with Gasteiger partial charge in [-0.25, -0.2) is 8.42 Å². The summed E-state index contributed by atoms with van der Waals surface area (Å²) >= 11 is 0. The van der Waals surface area contributed by atoms with Crippen LogP contribution in [0.15, 0.2) is 39.6 Å². The largest absolute Gasteiger partial charge is 0.490 e. The van der Waals surface area contributed by atoms with E-state index in [-0.39, 0.29) is 23.4 Å². The van der Waals surface area contributed by atoms with Gasteiger partial charge in [-0.2, -0.15) is 4.31 Å². The van der Waals surface area contributed by atoms with Gasteiger partial charge in [-0.3, -0.25) is 0 Å². The third-order valence-electron chi connectivity index (χ3n) is 4.81. The molecular formula is C18H22N2O5S. The van der Waals surface area contributed by atoms with Crippen LogP contribution in [-0.4, -0.2) is 45.1 Å². The fourth-order valence-corrected chi connectivity index (χ4v) is 4.91. The number of sulfonamides is 1. The van der Waals surface area contributed by atoms with E-state index in [1.165, 1.54) is 10.4 Å². The second-order valence-corrected chi connectivity index (χ2v) is 8.64. The van der Waals surface area contributed by atoms with Gasteiger partial charge < -0.3 is 19.6 Å². The predicted molar refractivity (Wildman–Crippen MR) is 95.0 cm³/mol. The number of rotatable bonds is 3. The molecule has 2 N–H and O–H groups in total. The van der Waals surface area contributed by atoms with Crippen LogP contribution in [0.4, 0.5) is 0 Å². The molecule has 0 aliphatic carbocycles. The molecule has 7 nitrogen and oxygen atoms in total. The molecule has 0 unspecified atom stereocenters. The molecule has 4 rings (SSSR count). The molecule has 0 saturated carbocycles. The van der Waals surface area contributed by atoms with Crippen LogP contribution in [0.2, 0.25) is 0 Å². The maximum Gasteiger partial charge on any atom is 0.243 e. The molecule has 1 saturated heterocycles. The average molecular weight is 378 g/mol. The molecule has 8 heteroatoms. The first-order valence-corrected chi connectivity index (χ1v) is 10.1. The standard InChI is InChI=1S/C18H22N2O5S/c1-12-3-5-16(25-12)14-10-20(11-15(14)19)26(21,22)13-4-6-17-18(9-13)24-8-2-7-23-17/h3-6,9,14-15H,2,7-8,10-11,19H2,1H3/t14-,15-/m0/s1. The first kappa shape index (κ1) is 17.4. The molecule has 2 aliphatic heterocycles. The van der Waals surface area contributed by atoms with E-state index in [0.717, 1.165) is 17.9 Å². The van der Waals surface area contributed by atoms with Crippen LogP contribution in [0, 0.1) is 6.92 Å². The monoisotopic (exact) mass is 378 g/mol. The van der Waals surface area contributed by atoms with Crippen LogP contribution in [0.3, 0.4) is 0 Å². The van der Waals surface area contributed by atoms with Gasteiger partial charge in [0.1, 0.15) is 11.5 Å². The van der Waals surface area contributed by atoms with Crippen molar-refractivity contribution in [1.29, 1.82) is 0 Å². The fourth-order valence-electron chi connectivity index (χ4n) is 3.39. The highest BCUT2D eigenvalue weighted by molar-refractivity contribution is 7.89. The van der Waals surface area contributed by atoms with E-state index in [2.05, 4.69) is 0 Å². The molecule has 0 amide bonds. The second kappa shape index (κ2) is 6.61. The van der Waals surface area contributed by atoms with Gasteiger partial charge in [0, 0.05) is 37.5 Å². The smallest absolute Gasteiger partial charge is 0.243 e. The SMILES string of the molecule is Cc1ccc([C@H]2CN(S(=O)(=O)c3ccc4c(c3)OCCCO4)C[C@@H]2N)o1. The van der Waals surface area contributed by atoms with Crippen molar-refractivity contribution in [3.8, 4) is 11.5 Å². The molecule has 2 atom stereocenters. The van der Waals surface area contributed by atoms with Gasteiger partial charge in [0.05, 0.1) is 18.1 Å². The van der Waals surface area contributed by atoms with Gasteiger partial charge in [-0.1, -0.05) is 0 Å². The van der Waals surface area contributed by atoms with Crippen LogP contribution in [0.25, 0.3) is 0 Å². The Morgan fingerprint density at radius 1 is 1.08 bits per heavy atom. The van der Waals surface area contributed by atoms with Crippen LogP contribution in [0.5, 0.6) is 11.5 Å². The number of furan rings is 1. The lowest BCUT2D eigenvalue weighted by molar-refractivity contribution is 0.297. The number of benzene rings is 1. The Hall–Kier alpha value is -2.03. The van der Waals surface area contributed by atoms with E-state index < -0.39 is 10.0 Å². The summed E-state index contributed by atoms with van der Waals surface area (Å²) in [4.78, 5) is 0.185. The summed E-state index contributed by atoms with van der Waals surface area (Å²) in [6.45, 7) is 3.47. The number of ether oxygens (including phenoxy) is 2. The van der Waals surface area contributed by atoms with Crippen molar-refractivity contribution in [2.24, 2.45) is 5.73 Å². The van der Waals surface area contributed by atoms with Gasteiger partial charge in [0.15, 0.2) is 11.5 Å². The lowest BCUT2D eigenvalue weighted by Crippen LogP contribution is -2.32. The zero-order valence-electron chi connectivity index (χ0n) is 14.6. The minimum atomic E-state index is -3.68. The zero-order valence-corrected chi connectivity index (χ0v) is 15.4. The fraction of sp³-hybridized carbons (Fsp3) is 0.444. The molecule has 1 aromatic heterocycles. The van der Waals surface area contributed by atoms with Gasteiger partial charge >= 0.3 is 0 Å². The van der Waals surface area contributed by atoms with E-state index >= 15 is 0 Å². The molecular weight excluding hydrogens is 356 g/mol. The number of nitrogens with two attached hydrogens (primary N) is 1. The highest BCUT2D eigenvalue weighted by Gasteiger charge is 2.40. The van der Waals surface area contributed by atoms with Crippen molar-refractivity contribution in [3.05, 3.63) is 41.9 Å². The van der Waals surface area contributed by atoms with E-state index in [1.807, 2.05) is 19.1 Å². The molecule has 26 heavy (non-hydrogen) atoms. The molecule has 1 fully saturated rings. The average Bonchev–Trinajstić information content (AvgIpc) is 3.13. The van der Waals surface area contributed by atoms with E-state index in [9.17, 15) is 8.42 Å². The van der Waals surface area contributed by atoms with Crippen molar-refractivity contribution < 1.29 is 22.3 Å². The molecule has 140 valence electrons. The van der Waals surface area contributed by atoms with Crippen LogP contribution < -0.4 is 15.2 Å². The Labute approximate surface area is 152 Å². The summed E-state index contributed by atoms with van der Waals surface area (Å²) in [5.41, 5.74) is 6.21. The number of aryl methyl sites for hydroxylation is 1. The Kier molecular flexibility index (Phi) is 4.42. The highest BCUT2D eigenvalue weighted by Crippen LogP contribution is 2.35. The first-order valence-electron chi connectivity index (χ1n) is 8.67. The van der Waals surface area contributed by atoms with Gasteiger partial charge in [0.25, 0.3) is 0 Å². The lowest BCUT2D eigenvalue weighted by atomic mass is 10.0. The predicted octanol–water partition coefficient (Wildman–Crippen LogP) is 1.86. The summed E-state index contributed by atoms with van der Waals surface area (Å²) in [5, 5.41) is 0. The Balaban J connectivity index is 1.60. The normalized spacial score (nSPS) is 23.8. The lowest BCUT2D eigenvalue weighted by Gasteiger charge is -2.17. The number of hydrogen-bond acceptors (Lipinski definition) is 6. The Bertz CT molecular complexity index is 908. The van der Waals surface area contributed by atoms with E-state index in [1.54, 1.807) is 12.1 Å². The number of nitrogens with zero attached hydrogens (tertiary/aromatic N) is 1. The second-order valence-electron chi connectivity index (χ2n) is 6.70. The van der Waals surface area contributed by atoms with Crippen molar-refractivity contribution in [2.45, 2.75) is 30.2 Å². The summed E-state index contributed by atoms with van der Waals surface area (Å²) in [5.74, 6) is 2.40. The quantitative estimate of drug-likeness (QED) is 0.876. The van der Waals surface area contributed by atoms with Gasteiger partial charge in [-0.05, 0) is 31.2 Å². The summed E-state index contributed by atoms with van der Waals surface area (Å²) in [6, 6.07) is 8.16. The highest BCUT2D eigenvalue weighted by atomic mass is 32.2. The minimum absolute atomic E-state index is 0.154. The molecule has 2 aromatic rings.